The highest BCUT2D eigenvalue weighted by Gasteiger charge is 2.27. The van der Waals surface area contributed by atoms with E-state index < -0.39 is 5.97 Å². The van der Waals surface area contributed by atoms with Crippen LogP contribution < -0.4 is 5.73 Å². The molecule has 7 nitrogen and oxygen atoms in total. The molecular weight excluding hydrogens is 380 g/mol. The van der Waals surface area contributed by atoms with Crippen LogP contribution in [0.4, 0.5) is 5.82 Å². The summed E-state index contributed by atoms with van der Waals surface area (Å²) in [5.41, 5.74) is 11.0. The quantitative estimate of drug-likeness (QED) is 0.522. The number of para-hydroxylation sites is 2. The second-order valence-electron chi connectivity index (χ2n) is 7.55. The fourth-order valence-corrected chi connectivity index (χ4v) is 3.91. The van der Waals surface area contributed by atoms with Gasteiger partial charge in [-0.3, -0.25) is 4.57 Å². The summed E-state index contributed by atoms with van der Waals surface area (Å²) in [7, 11) is 0. The lowest BCUT2D eigenvalue weighted by molar-refractivity contribution is 0.0163. The van der Waals surface area contributed by atoms with E-state index in [0.717, 1.165) is 29.6 Å². The average Bonchev–Trinajstić information content (AvgIpc) is 3.35. The number of aromatic nitrogens is 3. The minimum absolute atomic E-state index is 0.0628. The summed E-state index contributed by atoms with van der Waals surface area (Å²) >= 11 is 0. The van der Waals surface area contributed by atoms with Crippen LogP contribution in [-0.4, -0.2) is 39.8 Å². The van der Waals surface area contributed by atoms with Crippen molar-refractivity contribution < 1.29 is 14.3 Å². The molecule has 2 N–H and O–H groups in total. The van der Waals surface area contributed by atoms with Crippen LogP contribution in [0.25, 0.3) is 27.9 Å². The standard InChI is InChI=1S/C23H22N4O3/c1-14-6-4-7-15(12-14)27-21(24)19(23(28)30-13-16-8-5-11-29-16)20-22(27)26-18-10-3-2-9-17(18)25-20/h2-4,6-7,9-10,12,16H,5,8,11,13,24H2,1H3/t16-/m1/s1. The zero-order chi connectivity index (χ0) is 20.7. The van der Waals surface area contributed by atoms with Gasteiger partial charge in [0.1, 0.15) is 23.5 Å². The Morgan fingerprint density at radius 1 is 1.20 bits per heavy atom. The van der Waals surface area contributed by atoms with Gasteiger partial charge in [-0.1, -0.05) is 24.3 Å². The van der Waals surface area contributed by atoms with E-state index in [0.29, 0.717) is 23.3 Å². The van der Waals surface area contributed by atoms with Gasteiger partial charge in [0, 0.05) is 12.3 Å². The van der Waals surface area contributed by atoms with Crippen molar-refractivity contribution in [2.24, 2.45) is 0 Å². The van der Waals surface area contributed by atoms with Crippen molar-refractivity contribution in [3.05, 3.63) is 59.7 Å². The predicted molar refractivity (Wildman–Crippen MR) is 115 cm³/mol. The van der Waals surface area contributed by atoms with Gasteiger partial charge in [-0.25, -0.2) is 14.8 Å². The number of benzene rings is 2. The Balaban J connectivity index is 1.67. The first-order valence-corrected chi connectivity index (χ1v) is 10.0. The molecule has 7 heteroatoms. The van der Waals surface area contributed by atoms with Crippen molar-refractivity contribution in [2.45, 2.75) is 25.9 Å². The van der Waals surface area contributed by atoms with Gasteiger partial charge in [-0.05, 0) is 49.6 Å². The number of hydrogen-bond donors (Lipinski definition) is 1. The van der Waals surface area contributed by atoms with Crippen molar-refractivity contribution >= 4 is 34.0 Å². The molecule has 0 radical (unpaired) electrons. The molecule has 1 saturated heterocycles. The van der Waals surface area contributed by atoms with Crippen LogP contribution in [-0.2, 0) is 9.47 Å². The van der Waals surface area contributed by atoms with E-state index in [-0.39, 0.29) is 24.1 Å². The van der Waals surface area contributed by atoms with Gasteiger partial charge in [0.15, 0.2) is 5.65 Å². The fourth-order valence-electron chi connectivity index (χ4n) is 3.91. The fraction of sp³-hybridized carbons (Fsp3) is 0.261. The molecule has 1 atom stereocenters. The van der Waals surface area contributed by atoms with Crippen molar-refractivity contribution in [3.8, 4) is 5.69 Å². The van der Waals surface area contributed by atoms with Gasteiger partial charge in [0.25, 0.3) is 0 Å². The van der Waals surface area contributed by atoms with E-state index in [1.807, 2.05) is 55.5 Å². The number of hydrogen-bond acceptors (Lipinski definition) is 6. The van der Waals surface area contributed by atoms with Crippen LogP contribution in [0.5, 0.6) is 0 Å². The lowest BCUT2D eigenvalue weighted by atomic mass is 10.2. The zero-order valence-corrected chi connectivity index (χ0v) is 16.7. The molecule has 30 heavy (non-hydrogen) atoms. The molecule has 0 bridgehead atoms. The van der Waals surface area contributed by atoms with Crippen LogP contribution in [0, 0.1) is 6.92 Å². The summed E-state index contributed by atoms with van der Waals surface area (Å²) in [5, 5.41) is 0. The second-order valence-corrected chi connectivity index (χ2v) is 7.55. The SMILES string of the molecule is Cc1cccc(-n2c(N)c(C(=O)OC[C@H]3CCCO3)c3nc4ccccc4nc32)c1. The highest BCUT2D eigenvalue weighted by Crippen LogP contribution is 2.32. The van der Waals surface area contributed by atoms with E-state index in [2.05, 4.69) is 0 Å². The van der Waals surface area contributed by atoms with E-state index in [1.54, 1.807) is 4.57 Å². The largest absolute Gasteiger partial charge is 0.459 e. The number of fused-ring (bicyclic) bond motifs is 2. The number of carbonyl (C=O) groups excluding carboxylic acids is 1. The molecule has 0 aliphatic carbocycles. The van der Waals surface area contributed by atoms with E-state index in [9.17, 15) is 4.79 Å². The maximum atomic E-state index is 13.0. The summed E-state index contributed by atoms with van der Waals surface area (Å²) in [6, 6.07) is 15.4. The molecule has 152 valence electrons. The first-order valence-electron chi connectivity index (χ1n) is 10.0. The Morgan fingerprint density at radius 3 is 2.73 bits per heavy atom. The smallest absolute Gasteiger partial charge is 0.344 e. The summed E-state index contributed by atoms with van der Waals surface area (Å²) < 4.78 is 12.9. The third kappa shape index (κ3) is 3.17. The third-order valence-electron chi connectivity index (χ3n) is 5.39. The third-order valence-corrected chi connectivity index (χ3v) is 5.39. The number of nitrogens with zero attached hydrogens (tertiary/aromatic N) is 3. The topological polar surface area (TPSA) is 92.3 Å². The van der Waals surface area contributed by atoms with Crippen molar-refractivity contribution in [3.63, 3.8) is 0 Å². The Bertz CT molecular complexity index is 1260. The molecule has 0 spiro atoms. The average molecular weight is 402 g/mol. The number of anilines is 1. The summed E-state index contributed by atoms with van der Waals surface area (Å²) in [4.78, 5) is 22.5. The van der Waals surface area contributed by atoms with Gasteiger partial charge in [-0.2, -0.15) is 0 Å². The molecule has 4 aromatic rings. The minimum atomic E-state index is -0.510. The van der Waals surface area contributed by atoms with E-state index in [4.69, 9.17) is 25.2 Å². The number of aryl methyl sites for hydroxylation is 1. The molecule has 1 aliphatic heterocycles. The van der Waals surface area contributed by atoms with Crippen LogP contribution in [0.3, 0.4) is 0 Å². The van der Waals surface area contributed by atoms with E-state index >= 15 is 0 Å². The number of ether oxygens (including phenoxy) is 2. The van der Waals surface area contributed by atoms with Gasteiger partial charge < -0.3 is 15.2 Å². The molecule has 2 aromatic carbocycles. The highest BCUT2D eigenvalue weighted by atomic mass is 16.6. The Kier molecular flexibility index (Phi) is 4.59. The lowest BCUT2D eigenvalue weighted by Crippen LogP contribution is -2.18. The summed E-state index contributed by atoms with van der Waals surface area (Å²) in [5.74, 6) is -0.243. The minimum Gasteiger partial charge on any atom is -0.459 e. The maximum Gasteiger partial charge on any atom is 0.344 e. The number of esters is 1. The van der Waals surface area contributed by atoms with Crippen molar-refractivity contribution in [1.29, 1.82) is 0 Å². The van der Waals surface area contributed by atoms with E-state index in [1.165, 1.54) is 0 Å². The van der Waals surface area contributed by atoms with Crippen LogP contribution in [0.15, 0.2) is 48.5 Å². The first kappa shape index (κ1) is 18.6. The lowest BCUT2D eigenvalue weighted by Gasteiger charge is -2.11. The number of rotatable bonds is 4. The molecule has 2 aromatic heterocycles. The molecule has 1 aliphatic rings. The Morgan fingerprint density at radius 2 is 2.00 bits per heavy atom. The normalized spacial score (nSPS) is 16.4. The molecule has 0 saturated carbocycles. The van der Waals surface area contributed by atoms with Crippen LogP contribution in [0.1, 0.15) is 28.8 Å². The second kappa shape index (κ2) is 7.42. The Hall–Kier alpha value is -3.45. The molecule has 0 unspecified atom stereocenters. The number of carbonyl (C=O) groups is 1. The van der Waals surface area contributed by atoms with Crippen molar-refractivity contribution in [1.82, 2.24) is 14.5 Å². The molecular formula is C23H22N4O3. The van der Waals surface area contributed by atoms with Crippen molar-refractivity contribution in [2.75, 3.05) is 18.9 Å². The number of nitrogen functional groups attached to an aromatic ring is 1. The zero-order valence-electron chi connectivity index (χ0n) is 16.7. The Labute approximate surface area is 173 Å². The molecule has 1 fully saturated rings. The highest BCUT2D eigenvalue weighted by molar-refractivity contribution is 6.09. The summed E-state index contributed by atoms with van der Waals surface area (Å²) in [6.07, 6.45) is 1.81. The molecule has 0 amide bonds. The monoisotopic (exact) mass is 402 g/mol. The van der Waals surface area contributed by atoms with Crippen LogP contribution in [0.2, 0.25) is 0 Å². The number of nitrogens with two attached hydrogens (primary N) is 1. The molecule has 5 rings (SSSR count). The van der Waals surface area contributed by atoms with Gasteiger partial charge in [-0.15, -0.1) is 0 Å². The first-order chi connectivity index (χ1) is 14.6. The van der Waals surface area contributed by atoms with Gasteiger partial charge in [0.2, 0.25) is 0 Å². The maximum absolute atomic E-state index is 13.0. The van der Waals surface area contributed by atoms with Gasteiger partial charge in [0.05, 0.1) is 17.1 Å². The molecule has 3 heterocycles. The van der Waals surface area contributed by atoms with Crippen LogP contribution >= 0.6 is 0 Å². The summed E-state index contributed by atoms with van der Waals surface area (Å²) in [6.45, 7) is 2.91. The van der Waals surface area contributed by atoms with Gasteiger partial charge >= 0.3 is 5.97 Å². The predicted octanol–water partition coefficient (Wildman–Crippen LogP) is 3.80.